The van der Waals surface area contributed by atoms with Gasteiger partial charge < -0.3 is 14.4 Å². The number of hydrogen-bond acceptors (Lipinski definition) is 4. The van der Waals surface area contributed by atoms with Crippen LogP contribution in [0.4, 0.5) is 0 Å². The fraction of sp³-hybridized carbons (Fsp3) is 0.391. The van der Waals surface area contributed by atoms with Crippen LogP contribution in [0, 0.1) is 0 Å². The zero-order chi connectivity index (χ0) is 18.2. The summed E-state index contributed by atoms with van der Waals surface area (Å²) < 4.78 is 12.7. The van der Waals surface area contributed by atoms with Gasteiger partial charge in [-0.3, -0.25) is 0 Å². The summed E-state index contributed by atoms with van der Waals surface area (Å²) in [6, 6.07) is 13.5. The molecular formula is C23H25NO2S. The Morgan fingerprint density at radius 2 is 2.11 bits per heavy atom. The molecule has 2 heterocycles. The summed E-state index contributed by atoms with van der Waals surface area (Å²) in [4.78, 5) is 2.49. The highest BCUT2D eigenvalue weighted by molar-refractivity contribution is 7.17. The van der Waals surface area contributed by atoms with Gasteiger partial charge in [-0.15, -0.1) is 11.3 Å². The van der Waals surface area contributed by atoms with Gasteiger partial charge in [-0.2, -0.15) is 0 Å². The molecule has 2 aliphatic rings. The van der Waals surface area contributed by atoms with Gasteiger partial charge in [0.05, 0.1) is 0 Å². The first-order valence-electron chi connectivity index (χ1n) is 9.84. The monoisotopic (exact) mass is 379 g/mol. The van der Waals surface area contributed by atoms with Gasteiger partial charge in [-0.05, 0) is 78.7 Å². The summed E-state index contributed by atoms with van der Waals surface area (Å²) in [6.07, 6.45) is 4.71. The Bertz CT molecular complexity index is 964. The fourth-order valence-corrected chi connectivity index (χ4v) is 5.29. The van der Waals surface area contributed by atoms with Gasteiger partial charge in [0.2, 0.25) is 6.79 Å². The van der Waals surface area contributed by atoms with E-state index in [1.807, 2.05) is 11.3 Å². The van der Waals surface area contributed by atoms with Gasteiger partial charge in [0.15, 0.2) is 11.5 Å². The first-order valence-corrected chi connectivity index (χ1v) is 10.7. The van der Waals surface area contributed by atoms with E-state index < -0.39 is 0 Å². The molecule has 1 aromatic heterocycles. The minimum atomic E-state index is 0.366. The third-order valence-electron chi connectivity index (χ3n) is 5.93. The van der Waals surface area contributed by atoms with Gasteiger partial charge in [0.1, 0.15) is 0 Å². The van der Waals surface area contributed by atoms with E-state index in [9.17, 15) is 0 Å². The molecular weight excluding hydrogens is 354 g/mol. The van der Waals surface area contributed by atoms with Gasteiger partial charge in [0.25, 0.3) is 0 Å². The van der Waals surface area contributed by atoms with Gasteiger partial charge in [-0.25, -0.2) is 0 Å². The standard InChI is InChI=1S/C23H25NO2S/c1-24(11-9-16-5-8-22-17(13-16)10-12-27-22)14-18-3-2-4-20-19(18)6-7-21-23(20)26-15-25-21/h5-8,10,12-13,18H,2-4,9,11,14-15H2,1H3/t18-/m0/s1. The summed E-state index contributed by atoms with van der Waals surface area (Å²) >= 11 is 1.82. The lowest BCUT2D eigenvalue weighted by atomic mass is 9.82. The molecule has 0 amide bonds. The van der Waals surface area contributed by atoms with Crippen molar-refractivity contribution < 1.29 is 9.47 Å². The smallest absolute Gasteiger partial charge is 0.231 e. The summed E-state index contributed by atoms with van der Waals surface area (Å²) in [5.74, 6) is 2.52. The Hall–Kier alpha value is -2.04. The van der Waals surface area contributed by atoms with E-state index in [4.69, 9.17) is 9.47 Å². The highest BCUT2D eigenvalue weighted by atomic mass is 32.1. The maximum atomic E-state index is 5.75. The van der Waals surface area contributed by atoms with Crippen LogP contribution in [0.1, 0.15) is 35.4 Å². The Morgan fingerprint density at radius 3 is 3.07 bits per heavy atom. The van der Waals surface area contributed by atoms with E-state index in [0.29, 0.717) is 12.7 Å². The molecule has 2 aromatic carbocycles. The number of thiophene rings is 1. The van der Waals surface area contributed by atoms with Crippen LogP contribution in [0.2, 0.25) is 0 Å². The first-order chi connectivity index (χ1) is 13.3. The number of nitrogens with zero attached hydrogens (tertiary/aromatic N) is 1. The van der Waals surface area contributed by atoms with Gasteiger partial charge >= 0.3 is 0 Å². The Labute approximate surface area is 164 Å². The second-order valence-corrected chi connectivity index (χ2v) is 8.71. The maximum absolute atomic E-state index is 5.75. The van der Waals surface area contributed by atoms with Crippen LogP contribution < -0.4 is 9.47 Å². The van der Waals surface area contributed by atoms with E-state index in [2.05, 4.69) is 53.7 Å². The van der Waals surface area contributed by atoms with Crippen molar-refractivity contribution in [2.45, 2.75) is 31.6 Å². The minimum Gasteiger partial charge on any atom is -0.454 e. The molecule has 3 aromatic rings. The van der Waals surface area contributed by atoms with Crippen LogP contribution in [0.25, 0.3) is 10.1 Å². The molecule has 0 radical (unpaired) electrons. The van der Waals surface area contributed by atoms with E-state index in [1.54, 1.807) is 0 Å². The molecule has 1 aliphatic carbocycles. The summed E-state index contributed by atoms with van der Waals surface area (Å²) in [5.41, 5.74) is 4.29. The van der Waals surface area contributed by atoms with Gasteiger partial charge in [-0.1, -0.05) is 18.2 Å². The summed E-state index contributed by atoms with van der Waals surface area (Å²) in [5, 5.41) is 3.55. The number of benzene rings is 2. The molecule has 0 saturated heterocycles. The van der Waals surface area contributed by atoms with Crippen LogP contribution in [0.3, 0.4) is 0 Å². The third kappa shape index (κ3) is 3.32. The molecule has 0 saturated carbocycles. The molecule has 140 valence electrons. The van der Waals surface area contributed by atoms with Crippen molar-refractivity contribution >= 4 is 21.4 Å². The minimum absolute atomic E-state index is 0.366. The molecule has 5 rings (SSSR count). The molecule has 0 unspecified atom stereocenters. The van der Waals surface area contributed by atoms with Gasteiger partial charge in [0, 0.05) is 23.4 Å². The first kappa shape index (κ1) is 17.1. The maximum Gasteiger partial charge on any atom is 0.231 e. The number of rotatable bonds is 5. The Morgan fingerprint density at radius 1 is 1.15 bits per heavy atom. The predicted octanol–water partition coefficient (Wildman–Crippen LogP) is 5.22. The second-order valence-electron chi connectivity index (χ2n) is 7.76. The second kappa shape index (κ2) is 7.17. The van der Waals surface area contributed by atoms with Crippen LogP contribution in [0.15, 0.2) is 41.8 Å². The highest BCUT2D eigenvalue weighted by Gasteiger charge is 2.28. The van der Waals surface area contributed by atoms with E-state index >= 15 is 0 Å². The lowest BCUT2D eigenvalue weighted by Crippen LogP contribution is -2.28. The SMILES string of the molecule is CN(CCc1ccc2sccc2c1)C[C@@H]1CCCc2c1ccc1c2OCO1. The topological polar surface area (TPSA) is 21.7 Å². The average Bonchev–Trinajstić information content (AvgIpc) is 3.35. The van der Waals surface area contributed by atoms with E-state index in [0.717, 1.165) is 37.4 Å². The van der Waals surface area contributed by atoms with Crippen molar-refractivity contribution in [2.24, 2.45) is 0 Å². The van der Waals surface area contributed by atoms with Crippen molar-refractivity contribution in [3.05, 3.63) is 58.5 Å². The molecule has 0 spiro atoms. The summed E-state index contributed by atoms with van der Waals surface area (Å²) in [6.45, 7) is 2.56. The highest BCUT2D eigenvalue weighted by Crippen LogP contribution is 2.44. The number of likely N-dealkylation sites (N-methyl/N-ethyl adjacent to an activating group) is 1. The van der Waals surface area contributed by atoms with Crippen molar-refractivity contribution in [1.29, 1.82) is 0 Å². The quantitative estimate of drug-likeness (QED) is 0.606. The predicted molar refractivity (Wildman–Crippen MR) is 111 cm³/mol. The molecule has 0 bridgehead atoms. The molecule has 27 heavy (non-hydrogen) atoms. The Kier molecular flexibility index (Phi) is 4.54. The normalized spacial score (nSPS) is 18.2. The number of ether oxygens (including phenoxy) is 2. The fourth-order valence-electron chi connectivity index (χ4n) is 4.52. The van der Waals surface area contributed by atoms with Crippen molar-refractivity contribution in [2.75, 3.05) is 26.9 Å². The number of fused-ring (bicyclic) bond motifs is 4. The van der Waals surface area contributed by atoms with Crippen LogP contribution in [-0.2, 0) is 12.8 Å². The molecule has 1 aliphatic heterocycles. The third-order valence-corrected chi connectivity index (χ3v) is 6.83. The zero-order valence-electron chi connectivity index (χ0n) is 15.7. The lowest BCUT2D eigenvalue weighted by molar-refractivity contribution is 0.173. The molecule has 3 nitrogen and oxygen atoms in total. The molecule has 0 N–H and O–H groups in total. The van der Waals surface area contributed by atoms with Crippen molar-refractivity contribution in [3.8, 4) is 11.5 Å². The molecule has 1 atom stereocenters. The average molecular weight is 380 g/mol. The number of hydrogen-bond donors (Lipinski definition) is 0. The summed E-state index contributed by atoms with van der Waals surface area (Å²) in [7, 11) is 2.25. The largest absolute Gasteiger partial charge is 0.454 e. The van der Waals surface area contributed by atoms with E-state index in [-0.39, 0.29) is 0 Å². The molecule has 4 heteroatoms. The molecule has 0 fully saturated rings. The van der Waals surface area contributed by atoms with Crippen LogP contribution in [0.5, 0.6) is 11.5 Å². The van der Waals surface area contributed by atoms with Crippen molar-refractivity contribution in [1.82, 2.24) is 4.90 Å². The zero-order valence-corrected chi connectivity index (χ0v) is 16.6. The lowest BCUT2D eigenvalue weighted by Gasteiger charge is -2.30. The Balaban J connectivity index is 1.26. The van der Waals surface area contributed by atoms with Crippen LogP contribution in [-0.4, -0.2) is 31.8 Å². The van der Waals surface area contributed by atoms with E-state index in [1.165, 1.54) is 39.6 Å². The van der Waals surface area contributed by atoms with Crippen molar-refractivity contribution in [3.63, 3.8) is 0 Å². The van der Waals surface area contributed by atoms with Crippen LogP contribution >= 0.6 is 11.3 Å².